The number of hydrogen-bond acceptors (Lipinski definition) is 5. The Kier molecular flexibility index (Phi) is 3.63. The Bertz CT molecular complexity index is 579. The predicted molar refractivity (Wildman–Crippen MR) is 62.7 cm³/mol. The average molecular weight is 249 g/mol. The summed E-state index contributed by atoms with van der Waals surface area (Å²) >= 11 is 0. The Morgan fingerprint density at radius 3 is 3.00 bits per heavy atom. The quantitative estimate of drug-likeness (QED) is 0.588. The third-order valence-electron chi connectivity index (χ3n) is 2.36. The molecule has 0 fully saturated rings. The number of ether oxygens (including phenoxy) is 2. The topological polar surface area (TPSA) is 82.3 Å². The standard InChI is InChI=1S/C11H11N3O4/c1-17-4-5-18-8-2-3-10-9(11(15)13-16)6-12-14(10)7-8/h2-3,6-7H,4-5H2,1H3. The normalized spacial score (nSPS) is 10.5. The molecule has 0 radical (unpaired) electrons. The molecule has 0 saturated carbocycles. The predicted octanol–water partition coefficient (Wildman–Crippen LogP) is 1.27. The lowest BCUT2D eigenvalue weighted by Gasteiger charge is -2.05. The Morgan fingerprint density at radius 1 is 1.44 bits per heavy atom. The smallest absolute Gasteiger partial charge is 0.320 e. The molecule has 7 nitrogen and oxygen atoms in total. The summed E-state index contributed by atoms with van der Waals surface area (Å²) < 4.78 is 11.7. The van der Waals surface area contributed by atoms with Gasteiger partial charge in [0.2, 0.25) is 0 Å². The van der Waals surface area contributed by atoms with Crippen molar-refractivity contribution in [1.82, 2.24) is 9.61 Å². The first-order valence-corrected chi connectivity index (χ1v) is 5.23. The van der Waals surface area contributed by atoms with Crippen molar-refractivity contribution in [3.63, 3.8) is 0 Å². The Morgan fingerprint density at radius 2 is 2.28 bits per heavy atom. The third-order valence-corrected chi connectivity index (χ3v) is 2.36. The highest BCUT2D eigenvalue weighted by atomic mass is 16.5. The van der Waals surface area contributed by atoms with Crippen molar-refractivity contribution in [2.45, 2.75) is 0 Å². The van der Waals surface area contributed by atoms with Crippen molar-refractivity contribution < 1.29 is 14.3 Å². The lowest BCUT2D eigenvalue weighted by molar-refractivity contribution is 0.100. The van der Waals surface area contributed by atoms with E-state index in [9.17, 15) is 9.70 Å². The molecule has 0 atom stereocenters. The molecule has 7 heteroatoms. The monoisotopic (exact) mass is 249 g/mol. The fourth-order valence-corrected chi connectivity index (χ4v) is 1.51. The first-order valence-electron chi connectivity index (χ1n) is 5.23. The molecule has 2 aromatic rings. The molecule has 2 heterocycles. The number of carbonyl (C=O) groups is 1. The number of carbonyl (C=O) groups excluding carboxylic acids is 1. The van der Waals surface area contributed by atoms with Gasteiger partial charge in [0, 0.05) is 12.3 Å². The average Bonchev–Trinajstić information content (AvgIpc) is 2.81. The van der Waals surface area contributed by atoms with E-state index >= 15 is 0 Å². The van der Waals surface area contributed by atoms with Crippen molar-refractivity contribution in [2.24, 2.45) is 5.18 Å². The summed E-state index contributed by atoms with van der Waals surface area (Å²) in [5.41, 5.74) is 0.687. The lowest BCUT2D eigenvalue weighted by Crippen LogP contribution is -2.05. The fourth-order valence-electron chi connectivity index (χ4n) is 1.51. The van der Waals surface area contributed by atoms with Crippen LogP contribution in [-0.2, 0) is 4.74 Å². The second-order valence-corrected chi connectivity index (χ2v) is 3.49. The number of hydrogen-bond donors (Lipinski definition) is 0. The van der Waals surface area contributed by atoms with Gasteiger partial charge in [0.1, 0.15) is 12.4 Å². The Labute approximate surface area is 102 Å². The second-order valence-electron chi connectivity index (χ2n) is 3.49. The molecule has 0 spiro atoms. The summed E-state index contributed by atoms with van der Waals surface area (Å²) in [6, 6.07) is 3.34. The van der Waals surface area contributed by atoms with Gasteiger partial charge in [0.15, 0.2) is 0 Å². The molecule has 94 valence electrons. The van der Waals surface area contributed by atoms with Crippen molar-refractivity contribution >= 4 is 11.4 Å². The molecular formula is C11H11N3O4. The van der Waals surface area contributed by atoms with E-state index in [1.807, 2.05) is 0 Å². The van der Waals surface area contributed by atoms with Gasteiger partial charge in [-0.05, 0) is 12.1 Å². The van der Waals surface area contributed by atoms with Crippen molar-refractivity contribution in [3.8, 4) is 5.75 Å². The van der Waals surface area contributed by atoms with Gasteiger partial charge >= 0.3 is 5.91 Å². The number of rotatable bonds is 5. The highest BCUT2D eigenvalue weighted by Crippen LogP contribution is 2.17. The van der Waals surface area contributed by atoms with Crippen LogP contribution in [0.4, 0.5) is 0 Å². The summed E-state index contributed by atoms with van der Waals surface area (Å²) in [6.07, 6.45) is 2.92. The van der Waals surface area contributed by atoms with Crippen LogP contribution in [0, 0.1) is 4.91 Å². The van der Waals surface area contributed by atoms with Gasteiger partial charge in [-0.1, -0.05) is 0 Å². The van der Waals surface area contributed by atoms with Crippen molar-refractivity contribution in [3.05, 3.63) is 35.0 Å². The summed E-state index contributed by atoms with van der Waals surface area (Å²) in [5.74, 6) is -0.237. The molecule has 2 rings (SSSR count). The van der Waals surface area contributed by atoms with Crippen LogP contribution in [-0.4, -0.2) is 35.8 Å². The van der Waals surface area contributed by atoms with E-state index < -0.39 is 5.91 Å². The maximum absolute atomic E-state index is 11.2. The molecule has 18 heavy (non-hydrogen) atoms. The summed E-state index contributed by atoms with van der Waals surface area (Å²) in [7, 11) is 1.59. The van der Waals surface area contributed by atoms with E-state index in [4.69, 9.17) is 9.47 Å². The van der Waals surface area contributed by atoms with Crippen LogP contribution >= 0.6 is 0 Å². The zero-order chi connectivity index (χ0) is 13.0. The molecular weight excluding hydrogens is 238 g/mol. The van der Waals surface area contributed by atoms with E-state index in [1.54, 1.807) is 25.4 Å². The van der Waals surface area contributed by atoms with Crippen LogP contribution in [0.5, 0.6) is 5.75 Å². The van der Waals surface area contributed by atoms with Crippen LogP contribution < -0.4 is 4.74 Å². The van der Waals surface area contributed by atoms with Gasteiger partial charge in [-0.3, -0.25) is 4.79 Å². The SMILES string of the molecule is COCCOc1ccc2c(C(=O)N=O)cnn2c1. The van der Waals surface area contributed by atoms with E-state index in [1.165, 1.54) is 10.7 Å². The van der Waals surface area contributed by atoms with Crippen LogP contribution in [0.3, 0.4) is 0 Å². The Hall–Kier alpha value is -2.28. The van der Waals surface area contributed by atoms with Crippen LogP contribution in [0.1, 0.15) is 10.4 Å². The molecule has 2 aromatic heterocycles. The fraction of sp³-hybridized carbons (Fsp3) is 0.273. The highest BCUT2D eigenvalue weighted by Gasteiger charge is 2.13. The molecule has 1 amide bonds. The van der Waals surface area contributed by atoms with Crippen LogP contribution in [0.2, 0.25) is 0 Å². The van der Waals surface area contributed by atoms with E-state index in [0.717, 1.165) is 0 Å². The van der Waals surface area contributed by atoms with E-state index in [2.05, 4.69) is 10.3 Å². The molecule has 0 bridgehead atoms. The van der Waals surface area contributed by atoms with Gasteiger partial charge in [0.05, 0.1) is 30.1 Å². The van der Waals surface area contributed by atoms with Crippen molar-refractivity contribution in [2.75, 3.05) is 20.3 Å². The maximum Gasteiger partial charge on any atom is 0.320 e. The van der Waals surface area contributed by atoms with Crippen LogP contribution in [0.15, 0.2) is 29.7 Å². The minimum absolute atomic E-state index is 0.174. The lowest BCUT2D eigenvalue weighted by atomic mass is 10.2. The number of pyridine rings is 1. The van der Waals surface area contributed by atoms with Crippen LogP contribution in [0.25, 0.3) is 5.52 Å². The maximum atomic E-state index is 11.2. The number of methoxy groups -OCH3 is 1. The molecule has 0 aliphatic rings. The number of nitroso groups, excluding NO2 is 1. The number of aromatic nitrogens is 2. The minimum atomic E-state index is -0.835. The number of fused-ring (bicyclic) bond motifs is 1. The largest absolute Gasteiger partial charge is 0.490 e. The Balaban J connectivity index is 2.25. The third kappa shape index (κ3) is 2.35. The molecule has 0 N–H and O–H groups in total. The zero-order valence-electron chi connectivity index (χ0n) is 9.70. The number of amides is 1. The molecule has 0 aliphatic carbocycles. The van der Waals surface area contributed by atoms with E-state index in [-0.39, 0.29) is 5.56 Å². The van der Waals surface area contributed by atoms with Gasteiger partial charge in [-0.2, -0.15) is 5.10 Å². The molecule has 0 unspecified atom stereocenters. The van der Waals surface area contributed by atoms with Crippen molar-refractivity contribution in [1.29, 1.82) is 0 Å². The minimum Gasteiger partial charge on any atom is -0.490 e. The summed E-state index contributed by atoms with van der Waals surface area (Å²) in [4.78, 5) is 21.4. The highest BCUT2D eigenvalue weighted by molar-refractivity contribution is 6.01. The molecule has 0 aliphatic heterocycles. The second kappa shape index (κ2) is 5.37. The number of nitrogens with zero attached hydrogens (tertiary/aromatic N) is 3. The van der Waals surface area contributed by atoms with E-state index in [0.29, 0.717) is 24.5 Å². The van der Waals surface area contributed by atoms with Gasteiger partial charge < -0.3 is 9.47 Å². The summed E-state index contributed by atoms with van der Waals surface area (Å²) in [6.45, 7) is 0.904. The first-order chi connectivity index (χ1) is 8.76. The van der Waals surface area contributed by atoms with Gasteiger partial charge in [-0.25, -0.2) is 4.52 Å². The zero-order valence-corrected chi connectivity index (χ0v) is 9.70. The molecule has 0 saturated heterocycles. The first kappa shape index (κ1) is 12.2. The van der Waals surface area contributed by atoms with Gasteiger partial charge in [0.25, 0.3) is 0 Å². The summed E-state index contributed by atoms with van der Waals surface area (Å²) in [5, 5.41) is 6.34. The molecule has 0 aromatic carbocycles. The van der Waals surface area contributed by atoms with Gasteiger partial charge in [-0.15, -0.1) is 4.91 Å².